The number of aromatic nitrogens is 2. The molecule has 0 fully saturated rings. The fourth-order valence-electron chi connectivity index (χ4n) is 3.76. The van der Waals surface area contributed by atoms with Gasteiger partial charge in [0.2, 0.25) is 5.91 Å². The molecule has 0 radical (unpaired) electrons. The van der Waals surface area contributed by atoms with E-state index in [1.54, 1.807) is 0 Å². The van der Waals surface area contributed by atoms with Gasteiger partial charge < -0.3 is 9.72 Å². The fraction of sp³-hybridized carbons (Fsp3) is 0.231. The van der Waals surface area contributed by atoms with Crippen molar-refractivity contribution >= 4 is 11.6 Å². The van der Waals surface area contributed by atoms with E-state index in [4.69, 9.17) is 4.98 Å². The molecule has 1 unspecified atom stereocenters. The van der Waals surface area contributed by atoms with E-state index in [-0.39, 0.29) is 18.4 Å². The van der Waals surface area contributed by atoms with E-state index >= 15 is 0 Å². The Labute approximate surface area is 177 Å². The van der Waals surface area contributed by atoms with Crippen LogP contribution in [-0.4, -0.2) is 15.3 Å². The number of benzene rings is 2. The summed E-state index contributed by atoms with van der Waals surface area (Å²) in [5, 5.41) is 3.13. The number of pyridine rings is 1. The summed E-state index contributed by atoms with van der Waals surface area (Å²) in [5.41, 5.74) is 8.38. The third kappa shape index (κ3) is 3.99. The summed E-state index contributed by atoms with van der Waals surface area (Å²) < 4.78 is 2.03. The van der Waals surface area contributed by atoms with Crippen molar-refractivity contribution in [3.8, 4) is 11.3 Å². The molecule has 0 aliphatic rings. The van der Waals surface area contributed by atoms with Crippen molar-refractivity contribution in [1.82, 2.24) is 14.7 Å². The molecule has 2 aromatic heterocycles. The van der Waals surface area contributed by atoms with Crippen molar-refractivity contribution in [2.75, 3.05) is 0 Å². The first-order valence-electron chi connectivity index (χ1n) is 10.3. The van der Waals surface area contributed by atoms with E-state index in [1.165, 1.54) is 11.1 Å². The minimum atomic E-state index is -0.0507. The average molecular weight is 398 g/mol. The number of amides is 1. The summed E-state index contributed by atoms with van der Waals surface area (Å²) in [5.74, 6) is -0.0150. The van der Waals surface area contributed by atoms with Gasteiger partial charge in [-0.2, -0.15) is 0 Å². The van der Waals surface area contributed by atoms with Gasteiger partial charge in [-0.05, 0) is 68.1 Å². The van der Waals surface area contributed by atoms with Gasteiger partial charge in [-0.1, -0.05) is 42.5 Å². The van der Waals surface area contributed by atoms with Crippen molar-refractivity contribution in [3.63, 3.8) is 0 Å². The van der Waals surface area contributed by atoms with Gasteiger partial charge in [0.25, 0.3) is 0 Å². The van der Waals surface area contributed by atoms with Crippen molar-refractivity contribution < 1.29 is 4.79 Å². The summed E-state index contributed by atoms with van der Waals surface area (Å²) in [6, 6.07) is 20.4. The van der Waals surface area contributed by atoms with Crippen molar-refractivity contribution in [2.24, 2.45) is 0 Å². The van der Waals surface area contributed by atoms with Crippen LogP contribution in [-0.2, 0) is 11.2 Å². The van der Waals surface area contributed by atoms with Gasteiger partial charge in [-0.25, -0.2) is 4.98 Å². The van der Waals surface area contributed by atoms with Gasteiger partial charge >= 0.3 is 0 Å². The molecule has 4 rings (SSSR count). The molecule has 1 atom stereocenters. The van der Waals surface area contributed by atoms with Crippen LogP contribution in [0.2, 0.25) is 0 Å². The monoisotopic (exact) mass is 397 g/mol. The van der Waals surface area contributed by atoms with E-state index < -0.39 is 0 Å². The summed E-state index contributed by atoms with van der Waals surface area (Å²) in [6.45, 7) is 8.27. The maximum absolute atomic E-state index is 13.0. The third-order valence-corrected chi connectivity index (χ3v) is 5.67. The predicted molar refractivity (Wildman–Crippen MR) is 122 cm³/mol. The molecule has 0 aliphatic carbocycles. The quantitative estimate of drug-likeness (QED) is 0.494. The van der Waals surface area contributed by atoms with Crippen LogP contribution in [0.3, 0.4) is 0 Å². The lowest BCUT2D eigenvalue weighted by Crippen LogP contribution is -2.28. The number of nitrogens with one attached hydrogen (secondary N) is 1. The second-order valence-electron chi connectivity index (χ2n) is 8.02. The van der Waals surface area contributed by atoms with E-state index in [0.29, 0.717) is 0 Å². The molecule has 1 N–H and O–H groups in total. The number of fused-ring (bicyclic) bond motifs is 1. The zero-order valence-electron chi connectivity index (χ0n) is 17.9. The Morgan fingerprint density at radius 3 is 2.50 bits per heavy atom. The van der Waals surface area contributed by atoms with Gasteiger partial charge in [0.05, 0.1) is 23.9 Å². The molecule has 0 saturated heterocycles. The smallest absolute Gasteiger partial charge is 0.226 e. The zero-order chi connectivity index (χ0) is 21.3. The number of rotatable bonds is 5. The van der Waals surface area contributed by atoms with E-state index in [9.17, 15) is 4.79 Å². The Morgan fingerprint density at radius 1 is 1.00 bits per heavy atom. The molecule has 0 spiro atoms. The van der Waals surface area contributed by atoms with Crippen LogP contribution in [0.5, 0.6) is 0 Å². The molecule has 2 aromatic carbocycles. The van der Waals surface area contributed by atoms with Gasteiger partial charge in [0.15, 0.2) is 0 Å². The lowest BCUT2D eigenvalue weighted by molar-refractivity contribution is -0.121. The summed E-state index contributed by atoms with van der Waals surface area (Å²) >= 11 is 0. The van der Waals surface area contributed by atoms with Crippen LogP contribution in [0.1, 0.15) is 40.9 Å². The highest BCUT2D eigenvalue weighted by atomic mass is 16.1. The Kier molecular flexibility index (Phi) is 5.40. The van der Waals surface area contributed by atoms with Crippen LogP contribution in [0.15, 0.2) is 66.9 Å². The molecule has 30 heavy (non-hydrogen) atoms. The highest BCUT2D eigenvalue weighted by molar-refractivity contribution is 5.82. The van der Waals surface area contributed by atoms with E-state index in [2.05, 4.69) is 50.4 Å². The Bertz CT molecular complexity index is 1210. The summed E-state index contributed by atoms with van der Waals surface area (Å²) in [6.07, 6.45) is 2.27. The third-order valence-electron chi connectivity index (χ3n) is 5.67. The number of carbonyl (C=O) groups is 1. The minimum absolute atomic E-state index is 0.0150. The standard InChI is InChI=1S/C26H27N3O/c1-17-12-13-29-23(16-25(30)27-20(4)21-8-6-5-7-9-21)26(28-24(29)14-17)22-11-10-18(2)19(3)15-22/h5-15,20H,16H2,1-4H3,(H,27,30). The van der Waals surface area contributed by atoms with Crippen LogP contribution >= 0.6 is 0 Å². The maximum Gasteiger partial charge on any atom is 0.226 e. The van der Waals surface area contributed by atoms with Gasteiger partial charge in [-0.15, -0.1) is 0 Å². The molecule has 2 heterocycles. The Morgan fingerprint density at radius 2 is 1.77 bits per heavy atom. The number of imidazole rings is 1. The number of nitrogens with zero attached hydrogens (tertiary/aromatic N) is 2. The fourth-order valence-corrected chi connectivity index (χ4v) is 3.76. The predicted octanol–water partition coefficient (Wildman–Crippen LogP) is 5.35. The van der Waals surface area contributed by atoms with Gasteiger partial charge in [0.1, 0.15) is 5.65 Å². The molecule has 4 aromatic rings. The van der Waals surface area contributed by atoms with Crippen molar-refractivity contribution in [3.05, 3.63) is 94.8 Å². The van der Waals surface area contributed by atoms with E-state index in [0.717, 1.165) is 33.7 Å². The van der Waals surface area contributed by atoms with Crippen LogP contribution in [0, 0.1) is 20.8 Å². The first-order valence-corrected chi connectivity index (χ1v) is 10.3. The average Bonchev–Trinajstić information content (AvgIpc) is 3.07. The number of hydrogen-bond acceptors (Lipinski definition) is 2. The van der Waals surface area contributed by atoms with Gasteiger partial charge in [-0.3, -0.25) is 4.79 Å². The second kappa shape index (κ2) is 8.15. The zero-order valence-corrected chi connectivity index (χ0v) is 17.9. The molecule has 4 heteroatoms. The van der Waals surface area contributed by atoms with Crippen LogP contribution in [0.4, 0.5) is 0 Å². The first-order chi connectivity index (χ1) is 14.4. The Hall–Kier alpha value is -3.40. The summed E-state index contributed by atoms with van der Waals surface area (Å²) in [4.78, 5) is 17.8. The molecule has 1 amide bonds. The maximum atomic E-state index is 13.0. The second-order valence-corrected chi connectivity index (χ2v) is 8.02. The molecule has 0 bridgehead atoms. The lowest BCUT2D eigenvalue weighted by atomic mass is 10.0. The number of hydrogen-bond donors (Lipinski definition) is 1. The van der Waals surface area contributed by atoms with E-state index in [1.807, 2.05) is 53.9 Å². The topological polar surface area (TPSA) is 46.4 Å². The SMILES string of the molecule is Cc1ccn2c(CC(=O)NC(C)c3ccccc3)c(-c3ccc(C)c(C)c3)nc2c1. The molecular formula is C26H27N3O. The normalized spacial score (nSPS) is 12.1. The first kappa shape index (κ1) is 19.9. The number of carbonyl (C=O) groups excluding carboxylic acids is 1. The van der Waals surface area contributed by atoms with Crippen molar-refractivity contribution in [1.29, 1.82) is 0 Å². The van der Waals surface area contributed by atoms with Gasteiger partial charge in [0, 0.05) is 11.8 Å². The lowest BCUT2D eigenvalue weighted by Gasteiger charge is -2.15. The minimum Gasteiger partial charge on any atom is -0.349 e. The van der Waals surface area contributed by atoms with Crippen LogP contribution < -0.4 is 5.32 Å². The molecular weight excluding hydrogens is 370 g/mol. The molecule has 0 saturated carbocycles. The molecule has 152 valence electrons. The largest absolute Gasteiger partial charge is 0.349 e. The highest BCUT2D eigenvalue weighted by Crippen LogP contribution is 2.27. The molecule has 0 aliphatic heterocycles. The summed E-state index contributed by atoms with van der Waals surface area (Å²) in [7, 11) is 0. The van der Waals surface area contributed by atoms with Crippen LogP contribution in [0.25, 0.3) is 16.9 Å². The van der Waals surface area contributed by atoms with Crippen molar-refractivity contribution in [2.45, 2.75) is 40.2 Å². The number of aryl methyl sites for hydroxylation is 3. The Balaban J connectivity index is 1.69. The highest BCUT2D eigenvalue weighted by Gasteiger charge is 2.19. The molecule has 4 nitrogen and oxygen atoms in total.